The van der Waals surface area contributed by atoms with E-state index >= 15 is 0 Å². The van der Waals surface area contributed by atoms with Crippen LogP contribution in [0.4, 0.5) is 18.9 Å². The van der Waals surface area contributed by atoms with Gasteiger partial charge in [0.05, 0.1) is 16.5 Å². The molecule has 0 aliphatic rings. The molecule has 2 rings (SSSR count). The maximum atomic E-state index is 12.8. The van der Waals surface area contributed by atoms with Crippen LogP contribution in [-0.4, -0.2) is 21.4 Å². The molecule has 9 heteroatoms. The second-order valence-electron chi connectivity index (χ2n) is 4.00. The Bertz CT molecular complexity index is 616. The summed E-state index contributed by atoms with van der Waals surface area (Å²) in [4.78, 5) is 12.0. The first-order valence-electron chi connectivity index (χ1n) is 5.78. The first kappa shape index (κ1) is 15.8. The molecule has 1 N–H and O–H groups in total. The van der Waals surface area contributed by atoms with Crippen molar-refractivity contribution in [1.82, 2.24) is 10.2 Å². The highest BCUT2D eigenvalue weighted by atomic mass is 32.2. The van der Waals surface area contributed by atoms with Crippen LogP contribution in [0.15, 0.2) is 34.1 Å². The number of thioether (sulfide) groups is 1. The number of carbonyl (C=O) groups excluding carboxylic acids is 1. The first-order valence-corrected chi connectivity index (χ1v) is 7.54. The number of aromatic nitrogens is 2. The molecular weight excluding hydrogens is 323 g/mol. The number of amides is 1. The van der Waals surface area contributed by atoms with Crippen LogP contribution in [0.1, 0.15) is 12.5 Å². The van der Waals surface area contributed by atoms with E-state index in [-0.39, 0.29) is 5.69 Å². The average molecular weight is 333 g/mol. The molecule has 21 heavy (non-hydrogen) atoms. The minimum Gasteiger partial charge on any atom is -0.325 e. The van der Waals surface area contributed by atoms with Crippen LogP contribution in [0.25, 0.3) is 0 Å². The van der Waals surface area contributed by atoms with E-state index < -0.39 is 22.9 Å². The van der Waals surface area contributed by atoms with E-state index in [1.165, 1.54) is 35.0 Å². The molecule has 0 spiro atoms. The number of alkyl halides is 3. The topological polar surface area (TPSA) is 54.9 Å². The van der Waals surface area contributed by atoms with E-state index in [1.54, 1.807) is 6.92 Å². The van der Waals surface area contributed by atoms with Gasteiger partial charge in [-0.25, -0.2) is 0 Å². The van der Waals surface area contributed by atoms with Crippen molar-refractivity contribution in [1.29, 1.82) is 0 Å². The number of benzene rings is 1. The highest BCUT2D eigenvalue weighted by molar-refractivity contribution is 8.02. The van der Waals surface area contributed by atoms with Crippen molar-refractivity contribution in [3.63, 3.8) is 0 Å². The number of nitrogens with one attached hydrogen (secondary N) is 1. The molecule has 1 amide bonds. The smallest absolute Gasteiger partial charge is 0.325 e. The van der Waals surface area contributed by atoms with E-state index in [1.807, 2.05) is 0 Å². The summed E-state index contributed by atoms with van der Waals surface area (Å²) in [6.07, 6.45) is -4.51. The van der Waals surface area contributed by atoms with Gasteiger partial charge in [-0.05, 0) is 19.1 Å². The lowest BCUT2D eigenvalue weighted by atomic mass is 10.1. The summed E-state index contributed by atoms with van der Waals surface area (Å²) in [6.45, 7) is 1.59. The van der Waals surface area contributed by atoms with E-state index in [0.29, 0.717) is 4.34 Å². The third-order valence-corrected chi connectivity index (χ3v) is 4.39. The molecule has 112 valence electrons. The highest BCUT2D eigenvalue weighted by Gasteiger charge is 2.33. The van der Waals surface area contributed by atoms with Crippen LogP contribution in [0, 0.1) is 0 Å². The molecule has 0 bridgehead atoms. The molecule has 1 aromatic carbocycles. The van der Waals surface area contributed by atoms with E-state index in [9.17, 15) is 18.0 Å². The van der Waals surface area contributed by atoms with Crippen LogP contribution in [0.5, 0.6) is 0 Å². The van der Waals surface area contributed by atoms with Gasteiger partial charge in [0.15, 0.2) is 4.34 Å². The van der Waals surface area contributed by atoms with Gasteiger partial charge < -0.3 is 5.32 Å². The maximum absolute atomic E-state index is 12.8. The summed E-state index contributed by atoms with van der Waals surface area (Å²) in [7, 11) is 0. The Balaban J connectivity index is 2.09. The lowest BCUT2D eigenvalue weighted by Crippen LogP contribution is -2.24. The highest BCUT2D eigenvalue weighted by Crippen LogP contribution is 2.35. The first-order chi connectivity index (χ1) is 9.88. The van der Waals surface area contributed by atoms with Crippen LogP contribution < -0.4 is 5.32 Å². The molecule has 0 saturated heterocycles. The molecule has 0 unspecified atom stereocenters. The minimum atomic E-state index is -4.51. The molecule has 0 aliphatic heterocycles. The Kier molecular flexibility index (Phi) is 4.84. The van der Waals surface area contributed by atoms with Crippen LogP contribution in [-0.2, 0) is 11.0 Å². The third-order valence-electron chi connectivity index (χ3n) is 2.48. The molecule has 1 aromatic heterocycles. The Morgan fingerprint density at radius 3 is 2.71 bits per heavy atom. The molecule has 0 fully saturated rings. The normalized spacial score (nSPS) is 13.0. The fourth-order valence-electron chi connectivity index (χ4n) is 1.49. The van der Waals surface area contributed by atoms with Crippen molar-refractivity contribution in [2.24, 2.45) is 0 Å². The van der Waals surface area contributed by atoms with Crippen LogP contribution in [0.3, 0.4) is 0 Å². The molecule has 0 aliphatic carbocycles. The molecular formula is C12H10F3N3OS2. The lowest BCUT2D eigenvalue weighted by molar-refractivity contribution is -0.137. The summed E-state index contributed by atoms with van der Waals surface area (Å²) in [5.74, 6) is -0.521. The fourth-order valence-corrected chi connectivity index (χ4v) is 3.12. The number of anilines is 1. The Morgan fingerprint density at radius 2 is 2.10 bits per heavy atom. The Labute approximate surface area is 126 Å². The van der Waals surface area contributed by atoms with Crippen LogP contribution >= 0.6 is 23.1 Å². The van der Waals surface area contributed by atoms with Crippen molar-refractivity contribution < 1.29 is 18.0 Å². The summed E-state index contributed by atoms with van der Waals surface area (Å²) >= 11 is 2.41. The van der Waals surface area contributed by atoms with Crippen molar-refractivity contribution in [3.8, 4) is 0 Å². The lowest BCUT2D eigenvalue weighted by Gasteiger charge is -2.15. The van der Waals surface area contributed by atoms with Gasteiger partial charge in [-0.2, -0.15) is 13.2 Å². The molecule has 0 saturated carbocycles. The molecule has 1 atom stereocenters. The number of hydrogen-bond donors (Lipinski definition) is 1. The van der Waals surface area contributed by atoms with Crippen molar-refractivity contribution in [2.75, 3.05) is 5.32 Å². The predicted octanol–water partition coefficient (Wildman–Crippen LogP) is 3.68. The maximum Gasteiger partial charge on any atom is 0.418 e. The van der Waals surface area contributed by atoms with Gasteiger partial charge in [-0.3, -0.25) is 4.79 Å². The van der Waals surface area contributed by atoms with E-state index in [4.69, 9.17) is 0 Å². The zero-order valence-corrected chi connectivity index (χ0v) is 12.4. The van der Waals surface area contributed by atoms with Crippen molar-refractivity contribution >= 4 is 34.7 Å². The number of nitrogens with zero attached hydrogens (tertiary/aromatic N) is 2. The quantitative estimate of drug-likeness (QED) is 0.867. The summed E-state index contributed by atoms with van der Waals surface area (Å²) in [5, 5.41) is 9.13. The van der Waals surface area contributed by atoms with E-state index in [0.717, 1.165) is 17.8 Å². The summed E-state index contributed by atoms with van der Waals surface area (Å²) in [6, 6.07) is 4.87. The second-order valence-corrected chi connectivity index (χ2v) is 6.42. The molecule has 1 heterocycles. The molecule has 2 aromatic rings. The van der Waals surface area contributed by atoms with Gasteiger partial charge in [-0.15, -0.1) is 10.2 Å². The van der Waals surface area contributed by atoms with Crippen LogP contribution in [0.2, 0.25) is 0 Å². The minimum absolute atomic E-state index is 0.250. The van der Waals surface area contributed by atoms with Crippen molar-refractivity contribution in [3.05, 3.63) is 35.3 Å². The summed E-state index contributed by atoms with van der Waals surface area (Å²) in [5.41, 5.74) is 0.400. The van der Waals surface area contributed by atoms with E-state index in [2.05, 4.69) is 15.5 Å². The van der Waals surface area contributed by atoms with Gasteiger partial charge in [0, 0.05) is 0 Å². The Hall–Kier alpha value is -1.61. The zero-order valence-electron chi connectivity index (χ0n) is 10.7. The van der Waals surface area contributed by atoms with Gasteiger partial charge in [-0.1, -0.05) is 35.2 Å². The largest absolute Gasteiger partial charge is 0.418 e. The monoisotopic (exact) mass is 333 g/mol. The molecule has 4 nitrogen and oxygen atoms in total. The fraction of sp³-hybridized carbons (Fsp3) is 0.250. The number of para-hydroxylation sites is 1. The van der Waals surface area contributed by atoms with Gasteiger partial charge in [0.2, 0.25) is 5.91 Å². The molecule has 0 radical (unpaired) electrons. The predicted molar refractivity (Wildman–Crippen MR) is 75.3 cm³/mol. The van der Waals surface area contributed by atoms with Crippen molar-refractivity contribution in [2.45, 2.75) is 22.7 Å². The third kappa shape index (κ3) is 4.18. The second kappa shape index (κ2) is 6.44. The zero-order chi connectivity index (χ0) is 15.5. The number of hydrogen-bond acceptors (Lipinski definition) is 5. The number of rotatable bonds is 4. The number of halogens is 3. The standard InChI is InChI=1S/C12H10F3N3OS2/c1-7(21-11-18-16-6-20-11)10(19)17-9-5-3-2-4-8(9)12(13,14)15/h2-7H,1H3,(H,17,19)/t7-/m1/s1. The van der Waals surface area contributed by atoms with Gasteiger partial charge in [0.25, 0.3) is 0 Å². The van der Waals surface area contributed by atoms with Gasteiger partial charge in [0.1, 0.15) is 5.51 Å². The SMILES string of the molecule is C[C@@H](Sc1nncs1)C(=O)Nc1ccccc1C(F)(F)F. The van der Waals surface area contributed by atoms with Gasteiger partial charge >= 0.3 is 6.18 Å². The number of carbonyl (C=O) groups is 1. The summed E-state index contributed by atoms with van der Waals surface area (Å²) < 4.78 is 39.1. The Morgan fingerprint density at radius 1 is 1.38 bits per heavy atom. The average Bonchev–Trinajstić information content (AvgIpc) is 2.91.